The molecule has 2 atom stereocenters. The molecule has 0 N–H and O–H groups in total. The van der Waals surface area contributed by atoms with Gasteiger partial charge in [-0.2, -0.15) is 0 Å². The Bertz CT molecular complexity index is 933. The summed E-state index contributed by atoms with van der Waals surface area (Å²) in [7, 11) is 2.00. The zero-order valence-electron chi connectivity index (χ0n) is 14.9. The molecule has 1 fully saturated rings. The number of pyridine rings is 1. The van der Waals surface area contributed by atoms with Gasteiger partial charge in [-0.3, -0.25) is 0 Å². The van der Waals surface area contributed by atoms with Crippen molar-refractivity contribution in [1.29, 1.82) is 0 Å². The normalized spacial score (nSPS) is 20.3. The minimum Gasteiger partial charge on any atom is -0.367 e. The van der Waals surface area contributed by atoms with Gasteiger partial charge in [0.15, 0.2) is 0 Å². The number of aromatic nitrogens is 4. The third-order valence-corrected chi connectivity index (χ3v) is 5.56. The number of hydrogen-bond acceptors (Lipinski definition) is 4. The quantitative estimate of drug-likeness (QED) is 0.663. The summed E-state index contributed by atoms with van der Waals surface area (Å²) in [6.07, 6.45) is 3.67. The molecule has 1 saturated heterocycles. The van der Waals surface area contributed by atoms with E-state index in [9.17, 15) is 0 Å². The Labute approximate surface area is 152 Å². The molecule has 4 rings (SSSR count). The lowest BCUT2D eigenvalue weighted by atomic mass is 9.87. The Morgan fingerprint density at radius 1 is 1.24 bits per heavy atom. The molecular formula is C19H22ClN5. The molecule has 3 aromatic rings. The summed E-state index contributed by atoms with van der Waals surface area (Å²) in [6, 6.07) is 6.80. The van der Waals surface area contributed by atoms with E-state index in [2.05, 4.69) is 53.0 Å². The molecule has 0 bridgehead atoms. The van der Waals surface area contributed by atoms with Crippen LogP contribution in [0.1, 0.15) is 44.0 Å². The number of fused-ring (bicyclic) bond motifs is 1. The first kappa shape index (κ1) is 16.3. The molecule has 1 aliphatic rings. The molecule has 0 aliphatic carbocycles. The third kappa shape index (κ3) is 2.58. The Balaban J connectivity index is 1.74. The van der Waals surface area contributed by atoms with Crippen molar-refractivity contribution in [3.05, 3.63) is 47.3 Å². The minimum atomic E-state index is 0.367. The smallest absolute Gasteiger partial charge is 0.139 e. The van der Waals surface area contributed by atoms with E-state index >= 15 is 0 Å². The van der Waals surface area contributed by atoms with Crippen LogP contribution >= 0.6 is 11.6 Å². The van der Waals surface area contributed by atoms with Crippen LogP contribution in [0.2, 0.25) is 5.15 Å². The summed E-state index contributed by atoms with van der Waals surface area (Å²) >= 11 is 6.17. The van der Waals surface area contributed by atoms with Gasteiger partial charge >= 0.3 is 0 Å². The molecule has 25 heavy (non-hydrogen) atoms. The van der Waals surface area contributed by atoms with Crippen LogP contribution in [0, 0.1) is 0 Å². The molecule has 0 amide bonds. The summed E-state index contributed by atoms with van der Waals surface area (Å²) in [5.74, 6) is 1.89. The second-order valence-corrected chi connectivity index (χ2v) is 7.57. The molecule has 0 radical (unpaired) electrons. The summed E-state index contributed by atoms with van der Waals surface area (Å²) in [4.78, 5) is 6.75. The van der Waals surface area contributed by atoms with E-state index in [1.807, 2.05) is 23.9 Å². The maximum Gasteiger partial charge on any atom is 0.139 e. The van der Waals surface area contributed by atoms with Crippen LogP contribution in [0.5, 0.6) is 0 Å². The number of anilines is 1. The van der Waals surface area contributed by atoms with Crippen molar-refractivity contribution < 1.29 is 0 Å². The number of hydrogen-bond donors (Lipinski definition) is 0. The van der Waals surface area contributed by atoms with Crippen LogP contribution in [-0.4, -0.2) is 32.3 Å². The molecule has 2 aromatic heterocycles. The second-order valence-electron chi connectivity index (χ2n) is 7.18. The van der Waals surface area contributed by atoms with Crippen molar-refractivity contribution >= 4 is 28.1 Å². The summed E-state index contributed by atoms with van der Waals surface area (Å²) in [5, 5.41) is 11.2. The number of halogens is 1. The average molecular weight is 356 g/mol. The molecular weight excluding hydrogens is 334 g/mol. The summed E-state index contributed by atoms with van der Waals surface area (Å²) in [6.45, 7) is 7.60. The van der Waals surface area contributed by atoms with E-state index in [1.165, 1.54) is 22.0 Å². The monoisotopic (exact) mass is 355 g/mol. The van der Waals surface area contributed by atoms with E-state index < -0.39 is 0 Å². The molecule has 0 saturated carbocycles. The first-order chi connectivity index (χ1) is 12.0. The Kier molecular flexibility index (Phi) is 3.91. The van der Waals surface area contributed by atoms with E-state index in [4.69, 9.17) is 11.6 Å². The van der Waals surface area contributed by atoms with Crippen molar-refractivity contribution in [2.24, 2.45) is 7.05 Å². The molecule has 6 heteroatoms. The second kappa shape index (κ2) is 5.99. The van der Waals surface area contributed by atoms with Crippen LogP contribution in [0.25, 0.3) is 10.8 Å². The van der Waals surface area contributed by atoms with Gasteiger partial charge in [0.05, 0.1) is 5.92 Å². The molecule has 0 unspecified atom stereocenters. The van der Waals surface area contributed by atoms with Crippen LogP contribution in [0.3, 0.4) is 0 Å². The molecule has 0 spiro atoms. The van der Waals surface area contributed by atoms with Gasteiger partial charge in [-0.05, 0) is 35.9 Å². The van der Waals surface area contributed by atoms with Gasteiger partial charge in [0.2, 0.25) is 0 Å². The average Bonchev–Trinajstić information content (AvgIpc) is 2.98. The van der Waals surface area contributed by atoms with Crippen molar-refractivity contribution in [1.82, 2.24) is 19.7 Å². The number of nitrogens with zero attached hydrogens (tertiary/aromatic N) is 5. The van der Waals surface area contributed by atoms with Gasteiger partial charge in [0.1, 0.15) is 17.3 Å². The molecule has 3 heterocycles. The molecule has 1 aliphatic heterocycles. The van der Waals surface area contributed by atoms with Crippen LogP contribution in [-0.2, 0) is 7.05 Å². The van der Waals surface area contributed by atoms with Gasteiger partial charge in [0.25, 0.3) is 0 Å². The van der Waals surface area contributed by atoms with Crippen molar-refractivity contribution in [2.75, 3.05) is 11.4 Å². The van der Waals surface area contributed by atoms with Gasteiger partial charge in [-0.25, -0.2) is 4.98 Å². The van der Waals surface area contributed by atoms with Crippen LogP contribution < -0.4 is 4.90 Å². The lowest BCUT2D eigenvalue weighted by Gasteiger charge is -2.47. The molecule has 130 valence electrons. The van der Waals surface area contributed by atoms with Gasteiger partial charge in [-0.15, -0.1) is 10.2 Å². The fourth-order valence-corrected chi connectivity index (χ4v) is 3.99. The van der Waals surface area contributed by atoms with E-state index in [1.54, 1.807) is 6.33 Å². The highest BCUT2D eigenvalue weighted by Crippen LogP contribution is 2.41. The highest BCUT2D eigenvalue weighted by Gasteiger charge is 2.40. The zero-order valence-corrected chi connectivity index (χ0v) is 15.7. The fraction of sp³-hybridized carbons (Fsp3) is 0.421. The Morgan fingerprint density at radius 2 is 2.04 bits per heavy atom. The molecule has 5 nitrogen and oxygen atoms in total. The predicted octanol–water partition coefficient (Wildman–Crippen LogP) is 4.13. The Morgan fingerprint density at radius 3 is 2.68 bits per heavy atom. The van der Waals surface area contributed by atoms with Crippen molar-refractivity contribution in [3.63, 3.8) is 0 Å². The Hall–Kier alpha value is -2.14. The van der Waals surface area contributed by atoms with Gasteiger partial charge < -0.3 is 9.47 Å². The minimum absolute atomic E-state index is 0.367. The van der Waals surface area contributed by atoms with E-state index in [-0.39, 0.29) is 0 Å². The first-order valence-corrected chi connectivity index (χ1v) is 9.04. The summed E-state index contributed by atoms with van der Waals surface area (Å²) in [5.41, 5.74) is 2.52. The first-order valence-electron chi connectivity index (χ1n) is 8.66. The highest BCUT2D eigenvalue weighted by atomic mass is 35.5. The van der Waals surface area contributed by atoms with Gasteiger partial charge in [-0.1, -0.05) is 31.5 Å². The summed E-state index contributed by atoms with van der Waals surface area (Å²) < 4.78 is 2.01. The lowest BCUT2D eigenvalue weighted by molar-refractivity contribution is 0.383. The maximum atomic E-state index is 6.17. The van der Waals surface area contributed by atoms with Crippen LogP contribution in [0.15, 0.2) is 30.7 Å². The fourth-order valence-electron chi connectivity index (χ4n) is 3.83. The van der Waals surface area contributed by atoms with E-state index in [0.717, 1.165) is 12.4 Å². The third-order valence-electron chi connectivity index (χ3n) is 5.36. The highest BCUT2D eigenvalue weighted by molar-refractivity contribution is 6.30. The number of benzene rings is 1. The van der Waals surface area contributed by atoms with Crippen molar-refractivity contribution in [3.8, 4) is 0 Å². The van der Waals surface area contributed by atoms with Crippen LogP contribution in [0.4, 0.5) is 5.69 Å². The zero-order chi connectivity index (χ0) is 17.7. The standard InChI is InChI=1S/C19H22ClN5/c1-11(2)13-5-6-17(15-8-21-18(20)7-14(13)15)25-9-16(12(25)3)19-23-22-10-24(19)4/h5-8,10-12,16H,9H2,1-4H3/t12-,16+/m1/s1. The lowest BCUT2D eigenvalue weighted by Crippen LogP contribution is -2.54. The largest absolute Gasteiger partial charge is 0.367 e. The SMILES string of the molecule is CC(C)c1ccc(N2C[C@H](c3nncn3C)[C@H]2C)c2cnc(Cl)cc12. The predicted molar refractivity (Wildman–Crippen MR) is 101 cm³/mol. The molecule has 1 aromatic carbocycles. The maximum absolute atomic E-state index is 6.17. The number of aryl methyl sites for hydroxylation is 1. The van der Waals surface area contributed by atoms with E-state index in [0.29, 0.717) is 23.0 Å². The van der Waals surface area contributed by atoms with Crippen molar-refractivity contribution in [2.45, 2.75) is 38.6 Å². The number of rotatable bonds is 3. The van der Waals surface area contributed by atoms with Gasteiger partial charge in [0, 0.05) is 36.9 Å². The topological polar surface area (TPSA) is 46.8 Å².